The molecule has 4 aromatic rings. The predicted octanol–water partition coefficient (Wildman–Crippen LogP) is 4.96. The highest BCUT2D eigenvalue weighted by molar-refractivity contribution is 6.31. The van der Waals surface area contributed by atoms with Gasteiger partial charge >= 0.3 is 6.03 Å². The molecule has 1 aromatic carbocycles. The molecule has 5 rings (SSSR count). The van der Waals surface area contributed by atoms with Crippen molar-refractivity contribution in [3.05, 3.63) is 66.0 Å². The third kappa shape index (κ3) is 3.29. The van der Waals surface area contributed by atoms with Gasteiger partial charge in [-0.25, -0.2) is 19.2 Å². The Morgan fingerprint density at radius 1 is 1.30 bits per heavy atom. The van der Waals surface area contributed by atoms with Crippen LogP contribution in [0.3, 0.4) is 0 Å². The van der Waals surface area contributed by atoms with Crippen LogP contribution in [0.4, 0.5) is 14.9 Å². The van der Waals surface area contributed by atoms with Crippen molar-refractivity contribution in [3.8, 4) is 11.4 Å². The smallest absolute Gasteiger partial charge is 0.321 e. The van der Waals surface area contributed by atoms with E-state index in [2.05, 4.69) is 14.9 Å². The van der Waals surface area contributed by atoms with Crippen LogP contribution in [0.15, 0.2) is 59.5 Å². The fraction of sp³-hybridized carbons (Fsp3) is 0.190. The molecule has 9 heteroatoms. The fourth-order valence-electron chi connectivity index (χ4n) is 3.78. The summed E-state index contributed by atoms with van der Waals surface area (Å²) in [6.45, 7) is 1.07. The van der Waals surface area contributed by atoms with Gasteiger partial charge in [0.1, 0.15) is 23.4 Å². The monoisotopic (exact) mass is 425 g/mol. The summed E-state index contributed by atoms with van der Waals surface area (Å²) in [5, 5.41) is 2.74. The number of carbonyl (C=O) groups excluding carboxylic acids is 1. The molecule has 0 spiro atoms. The number of carbonyl (C=O) groups is 1. The topological polar surface area (TPSA) is 76.2 Å². The maximum absolute atomic E-state index is 13.4. The van der Waals surface area contributed by atoms with E-state index in [-0.39, 0.29) is 17.1 Å². The average molecular weight is 426 g/mol. The Morgan fingerprint density at radius 2 is 2.20 bits per heavy atom. The highest BCUT2D eigenvalue weighted by Crippen LogP contribution is 2.32. The summed E-state index contributed by atoms with van der Waals surface area (Å²) in [7, 11) is 0. The van der Waals surface area contributed by atoms with Crippen molar-refractivity contribution < 1.29 is 13.6 Å². The van der Waals surface area contributed by atoms with Gasteiger partial charge in [-0.2, -0.15) is 0 Å². The quantitative estimate of drug-likeness (QED) is 0.503. The summed E-state index contributed by atoms with van der Waals surface area (Å²) in [5.74, 6) is 0.234. The molecule has 1 unspecified atom stereocenters. The summed E-state index contributed by atoms with van der Waals surface area (Å²) in [4.78, 5) is 23.7. The summed E-state index contributed by atoms with van der Waals surface area (Å²) < 4.78 is 20.7. The fourth-order valence-corrected chi connectivity index (χ4v) is 3.96. The number of hydrogen-bond donors (Lipinski definition) is 1. The first-order valence-electron chi connectivity index (χ1n) is 9.46. The van der Waals surface area contributed by atoms with Crippen LogP contribution in [0.1, 0.15) is 12.5 Å². The first kappa shape index (κ1) is 18.6. The lowest BCUT2D eigenvalue weighted by molar-refractivity contribution is 0.221. The van der Waals surface area contributed by atoms with Crippen LogP contribution < -0.4 is 5.32 Å². The number of aromatic nitrogens is 3. The van der Waals surface area contributed by atoms with Gasteiger partial charge in [-0.3, -0.25) is 0 Å². The Kier molecular flexibility index (Phi) is 4.63. The minimum Gasteiger partial charge on any atom is -0.472 e. The zero-order valence-corrected chi connectivity index (χ0v) is 16.5. The molecule has 0 bridgehead atoms. The highest BCUT2D eigenvalue weighted by atomic mass is 35.5. The van der Waals surface area contributed by atoms with Gasteiger partial charge in [0, 0.05) is 25.0 Å². The Hall–Kier alpha value is -3.39. The van der Waals surface area contributed by atoms with E-state index >= 15 is 0 Å². The molecule has 1 aliphatic rings. The molecule has 1 aliphatic heterocycles. The normalized spacial score (nSPS) is 16.3. The van der Waals surface area contributed by atoms with Crippen molar-refractivity contribution >= 4 is 34.5 Å². The number of nitrogens with one attached hydrogen (secondary N) is 1. The SMILES string of the molecule is O=C(Nc1ccc(F)c(Cl)c1)N1CCC(n2c(-c3ccoc3)nc3cccnc32)C1. The van der Waals surface area contributed by atoms with Gasteiger partial charge in [-0.15, -0.1) is 0 Å². The lowest BCUT2D eigenvalue weighted by Crippen LogP contribution is -2.33. The van der Waals surface area contributed by atoms with Crippen molar-refractivity contribution in [2.75, 3.05) is 18.4 Å². The number of anilines is 1. The van der Waals surface area contributed by atoms with Crippen LogP contribution in [-0.2, 0) is 0 Å². The molecule has 1 saturated heterocycles. The lowest BCUT2D eigenvalue weighted by atomic mass is 10.2. The summed E-state index contributed by atoms with van der Waals surface area (Å²) in [6, 6.07) is 9.48. The molecule has 4 heterocycles. The molecule has 1 fully saturated rings. The van der Waals surface area contributed by atoms with E-state index < -0.39 is 5.82 Å². The van der Waals surface area contributed by atoms with E-state index in [9.17, 15) is 9.18 Å². The summed E-state index contributed by atoms with van der Waals surface area (Å²) in [5.41, 5.74) is 2.87. The number of rotatable bonds is 3. The molecule has 1 N–H and O–H groups in total. The van der Waals surface area contributed by atoms with Gasteiger partial charge < -0.3 is 19.2 Å². The van der Waals surface area contributed by atoms with Crippen molar-refractivity contribution in [2.24, 2.45) is 0 Å². The molecule has 0 saturated carbocycles. The average Bonchev–Trinajstić information content (AvgIpc) is 3.49. The predicted molar refractivity (Wildman–Crippen MR) is 111 cm³/mol. The van der Waals surface area contributed by atoms with E-state index in [4.69, 9.17) is 21.0 Å². The van der Waals surface area contributed by atoms with Gasteiger partial charge in [-0.05, 0) is 42.8 Å². The van der Waals surface area contributed by atoms with E-state index in [0.717, 1.165) is 29.0 Å². The number of imidazole rings is 1. The molecule has 7 nitrogen and oxygen atoms in total. The largest absolute Gasteiger partial charge is 0.472 e. The Bertz CT molecular complexity index is 1220. The van der Waals surface area contributed by atoms with E-state index in [1.165, 1.54) is 18.2 Å². The molecular weight excluding hydrogens is 409 g/mol. The zero-order chi connectivity index (χ0) is 20.7. The third-order valence-corrected chi connectivity index (χ3v) is 5.50. The Morgan fingerprint density at radius 3 is 3.00 bits per heavy atom. The number of hydrogen-bond acceptors (Lipinski definition) is 4. The second-order valence-corrected chi connectivity index (χ2v) is 7.52. The van der Waals surface area contributed by atoms with Crippen molar-refractivity contribution in [1.29, 1.82) is 0 Å². The van der Waals surface area contributed by atoms with Crippen molar-refractivity contribution in [1.82, 2.24) is 19.4 Å². The van der Waals surface area contributed by atoms with Gasteiger partial charge in [0.2, 0.25) is 0 Å². The number of furan rings is 1. The number of halogens is 2. The number of fused-ring (bicyclic) bond motifs is 1. The van der Waals surface area contributed by atoms with Crippen LogP contribution in [-0.4, -0.2) is 38.6 Å². The highest BCUT2D eigenvalue weighted by Gasteiger charge is 2.31. The lowest BCUT2D eigenvalue weighted by Gasteiger charge is -2.19. The van der Waals surface area contributed by atoms with Gasteiger partial charge in [0.05, 0.1) is 22.9 Å². The van der Waals surface area contributed by atoms with Crippen LogP contribution in [0.2, 0.25) is 5.02 Å². The third-order valence-electron chi connectivity index (χ3n) is 5.21. The zero-order valence-electron chi connectivity index (χ0n) is 15.8. The van der Waals surface area contributed by atoms with E-state index in [1.807, 2.05) is 18.2 Å². The Labute approximate surface area is 176 Å². The van der Waals surface area contributed by atoms with Crippen LogP contribution in [0, 0.1) is 5.82 Å². The van der Waals surface area contributed by atoms with Gasteiger partial charge in [0.15, 0.2) is 5.65 Å². The number of pyridine rings is 1. The van der Waals surface area contributed by atoms with Crippen LogP contribution >= 0.6 is 11.6 Å². The van der Waals surface area contributed by atoms with E-state index in [1.54, 1.807) is 23.6 Å². The second kappa shape index (κ2) is 7.46. The van der Waals surface area contributed by atoms with Crippen molar-refractivity contribution in [2.45, 2.75) is 12.5 Å². The molecule has 2 amide bonds. The van der Waals surface area contributed by atoms with Crippen LogP contribution in [0.5, 0.6) is 0 Å². The maximum Gasteiger partial charge on any atom is 0.321 e. The standard InChI is InChI=1S/C21H17ClFN5O2/c22-16-10-14(3-4-17(16)23)25-21(29)27-8-5-15(11-27)28-19(13-6-9-30-12-13)26-18-2-1-7-24-20(18)28/h1-4,6-7,9-10,12,15H,5,8,11H2,(H,25,29). The Balaban J connectivity index is 1.40. The summed E-state index contributed by atoms with van der Waals surface area (Å²) in [6.07, 6.45) is 5.74. The number of amides is 2. The van der Waals surface area contributed by atoms with Crippen LogP contribution in [0.25, 0.3) is 22.6 Å². The molecule has 3 aromatic heterocycles. The molecular formula is C21H17ClFN5O2. The number of likely N-dealkylation sites (tertiary alicyclic amines) is 1. The molecule has 1 atom stereocenters. The number of urea groups is 1. The summed E-state index contributed by atoms with van der Waals surface area (Å²) >= 11 is 5.80. The molecule has 30 heavy (non-hydrogen) atoms. The second-order valence-electron chi connectivity index (χ2n) is 7.11. The first-order chi connectivity index (χ1) is 14.6. The van der Waals surface area contributed by atoms with E-state index in [0.29, 0.717) is 18.8 Å². The molecule has 0 aliphatic carbocycles. The molecule has 0 radical (unpaired) electrons. The minimum absolute atomic E-state index is 0.0114. The molecule has 152 valence electrons. The maximum atomic E-state index is 13.4. The minimum atomic E-state index is -0.526. The first-order valence-corrected chi connectivity index (χ1v) is 9.84. The van der Waals surface area contributed by atoms with Gasteiger partial charge in [0.25, 0.3) is 0 Å². The number of benzene rings is 1. The number of nitrogens with zero attached hydrogens (tertiary/aromatic N) is 4. The van der Waals surface area contributed by atoms with Gasteiger partial charge in [-0.1, -0.05) is 11.6 Å². The van der Waals surface area contributed by atoms with Crippen molar-refractivity contribution in [3.63, 3.8) is 0 Å².